The Kier molecular flexibility index (Phi) is 6.51. The van der Waals surface area contributed by atoms with E-state index in [-0.39, 0.29) is 12.0 Å². The molecule has 2 fully saturated rings. The Balaban J connectivity index is 1.34. The molecule has 0 radical (unpaired) electrons. The van der Waals surface area contributed by atoms with Crippen LogP contribution in [0.4, 0.5) is 10.6 Å². The molecule has 2 amide bonds. The average molecular weight is 416 g/mol. The summed E-state index contributed by atoms with van der Waals surface area (Å²) in [7, 11) is 3.57. The van der Waals surface area contributed by atoms with Crippen molar-refractivity contribution in [1.29, 1.82) is 0 Å². The van der Waals surface area contributed by atoms with Crippen LogP contribution in [-0.2, 0) is 22.4 Å². The summed E-state index contributed by atoms with van der Waals surface area (Å²) in [6.07, 6.45) is 9.10. The standard InChI is InChI=1S/C22H33N5O3/c1-25-11-9-18-19(10-12-25)24-20(15-23-18)27-14-13-26(22(27)29)17-6-3-16(4-7-17)5-8-21(28)30-2/h15-17H,3-14H2,1-2H3/t16-,17-. The topological polar surface area (TPSA) is 78.9 Å². The molecule has 0 bridgehead atoms. The van der Waals surface area contributed by atoms with E-state index in [1.807, 2.05) is 4.90 Å². The number of nitrogens with zero attached hydrogens (tertiary/aromatic N) is 5. The van der Waals surface area contributed by atoms with Gasteiger partial charge in [0.05, 0.1) is 24.7 Å². The predicted molar refractivity (Wildman–Crippen MR) is 113 cm³/mol. The second-order valence-electron chi connectivity index (χ2n) is 8.84. The number of likely N-dealkylation sites (N-methyl/N-ethyl adjacent to an activating group) is 1. The third-order valence-corrected chi connectivity index (χ3v) is 6.94. The highest BCUT2D eigenvalue weighted by Crippen LogP contribution is 2.33. The van der Waals surface area contributed by atoms with Gasteiger partial charge in [0.15, 0.2) is 5.82 Å². The zero-order valence-electron chi connectivity index (χ0n) is 18.2. The largest absolute Gasteiger partial charge is 0.469 e. The number of fused-ring (bicyclic) bond motifs is 1. The summed E-state index contributed by atoms with van der Waals surface area (Å²) in [6, 6.07) is 0.354. The van der Waals surface area contributed by atoms with Gasteiger partial charge in [-0.25, -0.2) is 9.78 Å². The van der Waals surface area contributed by atoms with Gasteiger partial charge in [-0.15, -0.1) is 0 Å². The minimum atomic E-state index is -0.129. The van der Waals surface area contributed by atoms with Crippen LogP contribution in [-0.4, -0.2) is 78.1 Å². The summed E-state index contributed by atoms with van der Waals surface area (Å²) in [5, 5.41) is 0. The highest BCUT2D eigenvalue weighted by molar-refractivity contribution is 5.93. The van der Waals surface area contributed by atoms with Crippen LogP contribution in [0.3, 0.4) is 0 Å². The van der Waals surface area contributed by atoms with Gasteiger partial charge in [-0.05, 0) is 45.1 Å². The van der Waals surface area contributed by atoms with Gasteiger partial charge in [0.1, 0.15) is 0 Å². The number of rotatable bonds is 5. The van der Waals surface area contributed by atoms with E-state index in [0.29, 0.717) is 30.7 Å². The van der Waals surface area contributed by atoms with Gasteiger partial charge in [-0.3, -0.25) is 14.7 Å². The first-order valence-corrected chi connectivity index (χ1v) is 11.2. The van der Waals surface area contributed by atoms with Crippen LogP contribution in [0.5, 0.6) is 0 Å². The Hall–Kier alpha value is -2.22. The fourth-order valence-corrected chi connectivity index (χ4v) is 4.96. The van der Waals surface area contributed by atoms with E-state index in [0.717, 1.165) is 76.0 Å². The van der Waals surface area contributed by atoms with Crippen LogP contribution in [0, 0.1) is 5.92 Å². The minimum Gasteiger partial charge on any atom is -0.469 e. The number of carbonyl (C=O) groups excluding carboxylic acids is 2. The lowest BCUT2D eigenvalue weighted by Gasteiger charge is -2.34. The molecule has 0 N–H and O–H groups in total. The third kappa shape index (κ3) is 4.58. The second-order valence-corrected chi connectivity index (χ2v) is 8.84. The van der Waals surface area contributed by atoms with Crippen molar-refractivity contribution >= 4 is 17.8 Å². The SMILES string of the molecule is COC(=O)CC[C@H]1CC[C@H](N2CCN(c3cnc4c(n3)CCN(C)CC4)C2=O)CC1. The molecule has 164 valence electrons. The maximum Gasteiger partial charge on any atom is 0.326 e. The highest BCUT2D eigenvalue weighted by atomic mass is 16.5. The number of ether oxygens (including phenoxy) is 1. The number of hydrogen-bond donors (Lipinski definition) is 0. The maximum atomic E-state index is 13.1. The molecule has 8 heteroatoms. The lowest BCUT2D eigenvalue weighted by atomic mass is 9.83. The van der Waals surface area contributed by atoms with E-state index < -0.39 is 0 Å². The molecule has 4 rings (SSSR count). The molecule has 1 aliphatic carbocycles. The molecule has 2 aliphatic heterocycles. The molecular weight excluding hydrogens is 382 g/mol. The van der Waals surface area contributed by atoms with E-state index in [2.05, 4.69) is 16.9 Å². The molecule has 1 aromatic heterocycles. The zero-order chi connectivity index (χ0) is 21.1. The number of anilines is 1. The molecule has 1 saturated heterocycles. The zero-order valence-corrected chi connectivity index (χ0v) is 18.2. The Morgan fingerprint density at radius 2 is 1.83 bits per heavy atom. The Bertz CT molecular complexity index is 778. The quantitative estimate of drug-likeness (QED) is 0.687. The highest BCUT2D eigenvalue weighted by Gasteiger charge is 2.37. The first-order valence-electron chi connectivity index (χ1n) is 11.2. The van der Waals surface area contributed by atoms with Gasteiger partial charge in [0.25, 0.3) is 0 Å². The van der Waals surface area contributed by atoms with Crippen LogP contribution in [0.2, 0.25) is 0 Å². The molecule has 0 unspecified atom stereocenters. The van der Waals surface area contributed by atoms with Crippen molar-refractivity contribution in [3.05, 3.63) is 17.6 Å². The van der Waals surface area contributed by atoms with E-state index in [1.165, 1.54) is 7.11 Å². The van der Waals surface area contributed by atoms with Crippen molar-refractivity contribution in [3.63, 3.8) is 0 Å². The van der Waals surface area contributed by atoms with Crippen molar-refractivity contribution in [3.8, 4) is 0 Å². The summed E-state index contributed by atoms with van der Waals surface area (Å²) in [6.45, 7) is 3.40. The number of methoxy groups -OCH3 is 1. The van der Waals surface area contributed by atoms with Gasteiger partial charge in [-0.2, -0.15) is 0 Å². The van der Waals surface area contributed by atoms with Crippen LogP contribution in [0.1, 0.15) is 49.9 Å². The number of hydrogen-bond acceptors (Lipinski definition) is 6. The van der Waals surface area contributed by atoms with E-state index in [9.17, 15) is 9.59 Å². The molecule has 3 aliphatic rings. The predicted octanol–water partition coefficient (Wildman–Crippen LogP) is 2.26. The fourth-order valence-electron chi connectivity index (χ4n) is 4.96. The van der Waals surface area contributed by atoms with Gasteiger partial charge in [-0.1, -0.05) is 0 Å². The second kappa shape index (κ2) is 9.29. The molecule has 8 nitrogen and oxygen atoms in total. The number of aromatic nitrogens is 2. The Labute approximate surface area is 178 Å². The molecule has 1 saturated carbocycles. The van der Waals surface area contributed by atoms with Gasteiger partial charge in [0, 0.05) is 51.5 Å². The summed E-state index contributed by atoms with van der Waals surface area (Å²) >= 11 is 0. The number of urea groups is 1. The van der Waals surface area contributed by atoms with Crippen molar-refractivity contribution < 1.29 is 14.3 Å². The molecular formula is C22H33N5O3. The molecule has 30 heavy (non-hydrogen) atoms. The number of amides is 2. The number of carbonyl (C=O) groups is 2. The average Bonchev–Trinajstić information content (AvgIpc) is 3.05. The van der Waals surface area contributed by atoms with Crippen molar-refractivity contribution in [1.82, 2.24) is 19.8 Å². The Morgan fingerprint density at radius 1 is 1.10 bits per heavy atom. The Morgan fingerprint density at radius 3 is 2.57 bits per heavy atom. The summed E-state index contributed by atoms with van der Waals surface area (Å²) in [5.74, 6) is 1.12. The number of esters is 1. The summed E-state index contributed by atoms with van der Waals surface area (Å²) in [4.78, 5) is 40.1. The van der Waals surface area contributed by atoms with Crippen molar-refractivity contribution in [2.24, 2.45) is 5.92 Å². The van der Waals surface area contributed by atoms with Crippen LogP contribution in [0.25, 0.3) is 0 Å². The first-order chi connectivity index (χ1) is 14.5. The maximum absolute atomic E-state index is 13.1. The normalized spacial score (nSPS) is 25.2. The molecule has 0 atom stereocenters. The lowest BCUT2D eigenvalue weighted by Crippen LogP contribution is -2.41. The summed E-state index contributed by atoms with van der Waals surface area (Å²) < 4.78 is 4.75. The van der Waals surface area contributed by atoms with E-state index in [1.54, 1.807) is 11.1 Å². The molecule has 1 aromatic rings. The molecule has 0 spiro atoms. The van der Waals surface area contributed by atoms with Crippen molar-refractivity contribution in [2.45, 2.75) is 57.4 Å². The monoisotopic (exact) mass is 415 g/mol. The van der Waals surface area contributed by atoms with Gasteiger partial charge in [0.2, 0.25) is 0 Å². The van der Waals surface area contributed by atoms with Gasteiger partial charge >= 0.3 is 12.0 Å². The minimum absolute atomic E-state index is 0.0630. The first kappa shape index (κ1) is 21.0. The van der Waals surface area contributed by atoms with Crippen LogP contribution < -0.4 is 4.90 Å². The van der Waals surface area contributed by atoms with E-state index in [4.69, 9.17) is 9.72 Å². The van der Waals surface area contributed by atoms with E-state index >= 15 is 0 Å². The van der Waals surface area contributed by atoms with Gasteiger partial charge < -0.3 is 14.5 Å². The van der Waals surface area contributed by atoms with Crippen LogP contribution >= 0.6 is 0 Å². The third-order valence-electron chi connectivity index (χ3n) is 6.94. The smallest absolute Gasteiger partial charge is 0.326 e. The van der Waals surface area contributed by atoms with Crippen molar-refractivity contribution in [2.75, 3.05) is 45.2 Å². The molecule has 3 heterocycles. The fraction of sp³-hybridized carbons (Fsp3) is 0.727. The lowest BCUT2D eigenvalue weighted by molar-refractivity contribution is -0.141. The molecule has 0 aromatic carbocycles. The van der Waals surface area contributed by atoms with Crippen LogP contribution in [0.15, 0.2) is 6.20 Å². The summed E-state index contributed by atoms with van der Waals surface area (Å²) in [5.41, 5.74) is 2.10.